The van der Waals surface area contributed by atoms with Crippen molar-refractivity contribution in [2.75, 3.05) is 12.5 Å². The van der Waals surface area contributed by atoms with Crippen molar-refractivity contribution in [2.24, 2.45) is 0 Å². The van der Waals surface area contributed by atoms with E-state index in [0.29, 0.717) is 12.3 Å². The predicted octanol–water partition coefficient (Wildman–Crippen LogP) is 0.500. The van der Waals surface area contributed by atoms with Gasteiger partial charge in [0.15, 0.2) is 0 Å². The van der Waals surface area contributed by atoms with Crippen LogP contribution in [-0.2, 0) is 0 Å². The van der Waals surface area contributed by atoms with Crippen LogP contribution in [0.25, 0.3) is 0 Å². The lowest BCUT2D eigenvalue weighted by Gasteiger charge is -2.14. The zero-order valence-corrected chi connectivity index (χ0v) is 7.87. The normalized spacial score (nSPS) is 16.0. The number of rotatable bonds is 7. The molecule has 3 N–H and O–H groups in total. The van der Waals surface area contributed by atoms with E-state index in [4.69, 9.17) is 21.8 Å². The van der Waals surface area contributed by atoms with Crippen LogP contribution >= 0.6 is 11.6 Å². The van der Waals surface area contributed by atoms with Crippen LogP contribution < -0.4 is 0 Å². The summed E-state index contributed by atoms with van der Waals surface area (Å²) in [5, 5.41) is 26.6. The Balaban J connectivity index is 3.24. The van der Waals surface area contributed by atoms with E-state index in [1.165, 1.54) is 0 Å². The number of halogens is 1. The fourth-order valence-corrected chi connectivity index (χ4v) is 1.13. The molecule has 12 heavy (non-hydrogen) atoms. The molecule has 0 saturated heterocycles. The van der Waals surface area contributed by atoms with Gasteiger partial charge in [0.25, 0.3) is 0 Å². The first-order valence-electron chi connectivity index (χ1n) is 4.25. The van der Waals surface area contributed by atoms with Crippen LogP contribution in [-0.4, -0.2) is 40.0 Å². The third kappa shape index (κ3) is 5.77. The van der Waals surface area contributed by atoms with E-state index in [2.05, 4.69) is 0 Å². The van der Waals surface area contributed by atoms with Gasteiger partial charge in [-0.25, -0.2) is 0 Å². The summed E-state index contributed by atoms with van der Waals surface area (Å²) < 4.78 is 0. The summed E-state index contributed by atoms with van der Waals surface area (Å²) in [4.78, 5) is 0. The number of aliphatic hydroxyl groups is 3. The van der Waals surface area contributed by atoms with Crippen LogP contribution in [0.5, 0.6) is 0 Å². The highest BCUT2D eigenvalue weighted by atomic mass is 35.5. The molecule has 3 nitrogen and oxygen atoms in total. The first-order valence-corrected chi connectivity index (χ1v) is 4.78. The Morgan fingerprint density at radius 2 is 1.67 bits per heavy atom. The summed E-state index contributed by atoms with van der Waals surface area (Å²) in [7, 11) is 0. The maximum Gasteiger partial charge on any atom is 0.103 e. The number of hydrogen-bond acceptors (Lipinski definition) is 3. The SMILES string of the molecule is OCC(O)C(O)CCCCCCl. The van der Waals surface area contributed by atoms with Gasteiger partial charge in [-0.15, -0.1) is 11.6 Å². The van der Waals surface area contributed by atoms with Crippen LogP contribution in [0.15, 0.2) is 0 Å². The average molecular weight is 197 g/mol. The van der Waals surface area contributed by atoms with Gasteiger partial charge in [0, 0.05) is 5.88 Å². The average Bonchev–Trinajstić information content (AvgIpc) is 2.10. The molecule has 0 saturated carbocycles. The summed E-state index contributed by atoms with van der Waals surface area (Å²) in [6.45, 7) is -0.378. The minimum atomic E-state index is -0.999. The number of hydrogen-bond donors (Lipinski definition) is 3. The van der Waals surface area contributed by atoms with Crippen molar-refractivity contribution in [1.82, 2.24) is 0 Å². The zero-order valence-electron chi connectivity index (χ0n) is 7.12. The largest absolute Gasteiger partial charge is 0.394 e. The molecule has 0 heterocycles. The van der Waals surface area contributed by atoms with Gasteiger partial charge in [0.2, 0.25) is 0 Å². The van der Waals surface area contributed by atoms with E-state index >= 15 is 0 Å². The first kappa shape index (κ1) is 12.2. The Morgan fingerprint density at radius 1 is 1.00 bits per heavy atom. The van der Waals surface area contributed by atoms with Gasteiger partial charge in [-0.1, -0.05) is 12.8 Å². The zero-order chi connectivity index (χ0) is 9.40. The predicted molar refractivity (Wildman–Crippen MR) is 48.3 cm³/mol. The van der Waals surface area contributed by atoms with E-state index in [1.807, 2.05) is 0 Å². The lowest BCUT2D eigenvalue weighted by atomic mass is 10.1. The molecule has 0 spiro atoms. The van der Waals surface area contributed by atoms with Crippen LogP contribution in [0.2, 0.25) is 0 Å². The highest BCUT2D eigenvalue weighted by Gasteiger charge is 2.13. The van der Waals surface area contributed by atoms with Crippen molar-refractivity contribution in [3.05, 3.63) is 0 Å². The van der Waals surface area contributed by atoms with Crippen LogP contribution in [0, 0.1) is 0 Å². The minimum absolute atomic E-state index is 0.378. The Kier molecular flexibility index (Phi) is 7.91. The van der Waals surface area contributed by atoms with Crippen molar-refractivity contribution < 1.29 is 15.3 Å². The molecule has 0 aromatic heterocycles. The van der Waals surface area contributed by atoms with Gasteiger partial charge in [-0.3, -0.25) is 0 Å². The summed E-state index contributed by atoms with van der Waals surface area (Å²) in [5.74, 6) is 0.638. The van der Waals surface area contributed by atoms with Gasteiger partial charge in [-0.2, -0.15) is 0 Å². The van der Waals surface area contributed by atoms with Gasteiger partial charge in [0.05, 0.1) is 12.7 Å². The van der Waals surface area contributed by atoms with Gasteiger partial charge in [-0.05, 0) is 12.8 Å². The number of alkyl halides is 1. The molecule has 0 aromatic rings. The Labute approximate surface area is 78.0 Å². The Morgan fingerprint density at radius 3 is 2.17 bits per heavy atom. The molecule has 0 bridgehead atoms. The highest BCUT2D eigenvalue weighted by molar-refractivity contribution is 6.17. The number of aliphatic hydroxyl groups excluding tert-OH is 3. The molecule has 0 aromatic carbocycles. The summed E-state index contributed by atoms with van der Waals surface area (Å²) in [6.07, 6.45) is 1.46. The second-order valence-electron chi connectivity index (χ2n) is 2.86. The molecular formula is C8H17ClO3. The van der Waals surface area contributed by atoms with Crippen molar-refractivity contribution >= 4 is 11.6 Å². The smallest absolute Gasteiger partial charge is 0.103 e. The molecule has 0 amide bonds. The van der Waals surface area contributed by atoms with E-state index in [0.717, 1.165) is 19.3 Å². The van der Waals surface area contributed by atoms with E-state index in [9.17, 15) is 5.11 Å². The fourth-order valence-electron chi connectivity index (χ4n) is 0.939. The Bertz CT molecular complexity index is 100. The van der Waals surface area contributed by atoms with E-state index in [1.54, 1.807) is 0 Å². The molecule has 2 unspecified atom stereocenters. The highest BCUT2D eigenvalue weighted by Crippen LogP contribution is 2.07. The van der Waals surface area contributed by atoms with Crippen LogP contribution in [0.3, 0.4) is 0 Å². The lowest BCUT2D eigenvalue weighted by Crippen LogP contribution is -2.28. The molecule has 0 aliphatic rings. The maximum absolute atomic E-state index is 9.17. The monoisotopic (exact) mass is 196 g/mol. The van der Waals surface area contributed by atoms with Crippen molar-refractivity contribution in [2.45, 2.75) is 37.9 Å². The second kappa shape index (κ2) is 7.80. The van der Waals surface area contributed by atoms with Gasteiger partial charge >= 0.3 is 0 Å². The molecule has 0 aliphatic heterocycles. The van der Waals surface area contributed by atoms with Crippen LogP contribution in [0.4, 0.5) is 0 Å². The standard InChI is InChI=1S/C8H17ClO3/c9-5-3-1-2-4-7(11)8(12)6-10/h7-8,10-12H,1-6H2. The molecule has 2 atom stereocenters. The van der Waals surface area contributed by atoms with Crippen molar-refractivity contribution in [1.29, 1.82) is 0 Å². The van der Waals surface area contributed by atoms with Crippen LogP contribution in [0.1, 0.15) is 25.7 Å². The molecular weight excluding hydrogens is 180 g/mol. The maximum atomic E-state index is 9.17. The molecule has 0 aliphatic carbocycles. The third-order valence-corrected chi connectivity index (χ3v) is 2.03. The summed E-state index contributed by atoms with van der Waals surface area (Å²) in [6, 6.07) is 0. The first-order chi connectivity index (χ1) is 5.72. The van der Waals surface area contributed by atoms with Crippen molar-refractivity contribution in [3.63, 3.8) is 0 Å². The topological polar surface area (TPSA) is 60.7 Å². The molecule has 0 rings (SSSR count). The summed E-state index contributed by atoms with van der Waals surface area (Å²) in [5.41, 5.74) is 0. The summed E-state index contributed by atoms with van der Waals surface area (Å²) >= 11 is 5.45. The molecule has 74 valence electrons. The quantitative estimate of drug-likeness (QED) is 0.411. The number of unbranched alkanes of at least 4 members (excludes halogenated alkanes) is 2. The third-order valence-electron chi connectivity index (χ3n) is 1.76. The molecule has 0 fully saturated rings. The van der Waals surface area contributed by atoms with E-state index < -0.39 is 12.2 Å². The Hall–Kier alpha value is 0.170. The van der Waals surface area contributed by atoms with E-state index in [-0.39, 0.29) is 6.61 Å². The van der Waals surface area contributed by atoms with Gasteiger partial charge < -0.3 is 15.3 Å². The second-order valence-corrected chi connectivity index (χ2v) is 3.23. The minimum Gasteiger partial charge on any atom is -0.394 e. The lowest BCUT2D eigenvalue weighted by molar-refractivity contribution is -0.0185. The molecule has 4 heteroatoms. The van der Waals surface area contributed by atoms with Crippen molar-refractivity contribution in [3.8, 4) is 0 Å². The molecule has 0 radical (unpaired) electrons. The fraction of sp³-hybridized carbons (Fsp3) is 1.00. The van der Waals surface area contributed by atoms with Gasteiger partial charge in [0.1, 0.15) is 6.10 Å².